The molecule has 0 aliphatic rings. The molecule has 1 rings (SSSR count). The Labute approximate surface area is 108 Å². The predicted molar refractivity (Wildman–Crippen MR) is 68.8 cm³/mol. The Balaban J connectivity index is 2.82. The predicted octanol–water partition coefficient (Wildman–Crippen LogP) is 3.86. The second-order valence-corrected chi connectivity index (χ2v) is 3.45. The molecule has 0 atom stereocenters. The first kappa shape index (κ1) is 13.5. The number of azide groups is 1. The van der Waals surface area contributed by atoms with Crippen LogP contribution in [0.2, 0.25) is 0 Å². The van der Waals surface area contributed by atoms with Crippen LogP contribution in [0.5, 0.6) is 0 Å². The number of hydrogen-bond acceptors (Lipinski definition) is 3. The molecule has 88 valence electrons. The van der Waals surface area contributed by atoms with Crippen LogP contribution in [0, 0.1) is 11.3 Å². The summed E-state index contributed by atoms with van der Waals surface area (Å²) in [6, 6.07) is 8.47. The number of carbonyl (C=O) groups is 1. The van der Waals surface area contributed by atoms with Gasteiger partial charge in [0.15, 0.2) is 0 Å². The van der Waals surface area contributed by atoms with E-state index in [1.165, 1.54) is 6.08 Å². The Morgan fingerprint density at radius 3 is 2.61 bits per heavy atom. The quantitative estimate of drug-likeness (QED) is 0.156. The van der Waals surface area contributed by atoms with Crippen molar-refractivity contribution in [3.63, 3.8) is 0 Å². The molecule has 0 amide bonds. The summed E-state index contributed by atoms with van der Waals surface area (Å²) in [7, 11) is 0. The molecule has 0 fully saturated rings. The maximum absolute atomic E-state index is 10.7. The van der Waals surface area contributed by atoms with Gasteiger partial charge >= 0.3 is 0 Å². The summed E-state index contributed by atoms with van der Waals surface area (Å²) in [6.45, 7) is 0. The van der Waals surface area contributed by atoms with Crippen LogP contribution in [0.4, 0.5) is 5.69 Å². The second-order valence-electron chi connectivity index (χ2n) is 3.11. The van der Waals surface area contributed by atoms with Gasteiger partial charge in [0.05, 0.1) is 0 Å². The molecule has 0 aliphatic carbocycles. The number of nitrogens with zero attached hydrogens (tertiary/aromatic N) is 4. The maximum atomic E-state index is 10.7. The fourth-order valence-corrected chi connectivity index (χ4v) is 1.21. The normalized spacial score (nSPS) is 10.8. The van der Waals surface area contributed by atoms with Gasteiger partial charge in [-0.1, -0.05) is 41.5 Å². The molecule has 6 heteroatoms. The first-order valence-electron chi connectivity index (χ1n) is 4.81. The fraction of sp³-hybridized carbons (Fsp3) is 0. The molecule has 0 aliphatic heterocycles. The summed E-state index contributed by atoms with van der Waals surface area (Å²) in [5.74, 6) is 0. The first-order chi connectivity index (χ1) is 8.67. The summed E-state index contributed by atoms with van der Waals surface area (Å²) in [5.41, 5.74) is 9.45. The molecule has 0 saturated carbocycles. The maximum Gasteiger partial charge on any atom is 0.262 e. The van der Waals surface area contributed by atoms with Gasteiger partial charge in [-0.3, -0.25) is 4.79 Å². The van der Waals surface area contributed by atoms with Gasteiger partial charge in [0, 0.05) is 10.6 Å². The SMILES string of the molecule is N#C/C(=C\C=C\c1ccc(N=[N+]=[N-])cc1)C(=O)Cl. The van der Waals surface area contributed by atoms with E-state index in [0.717, 1.165) is 5.56 Å². The van der Waals surface area contributed by atoms with Crippen molar-refractivity contribution in [2.45, 2.75) is 0 Å². The Morgan fingerprint density at radius 2 is 2.11 bits per heavy atom. The number of rotatable bonds is 4. The molecule has 1 aromatic carbocycles. The van der Waals surface area contributed by atoms with Crippen molar-refractivity contribution in [2.24, 2.45) is 5.11 Å². The molecule has 0 spiro atoms. The van der Waals surface area contributed by atoms with Crippen LogP contribution < -0.4 is 0 Å². The Hall–Kier alpha value is -2.54. The monoisotopic (exact) mass is 258 g/mol. The zero-order valence-electron chi connectivity index (χ0n) is 9.12. The van der Waals surface area contributed by atoms with E-state index in [1.54, 1.807) is 42.5 Å². The highest BCUT2D eigenvalue weighted by atomic mass is 35.5. The zero-order chi connectivity index (χ0) is 13.4. The van der Waals surface area contributed by atoms with Crippen molar-refractivity contribution in [3.8, 4) is 6.07 Å². The van der Waals surface area contributed by atoms with Gasteiger partial charge in [-0.05, 0) is 28.8 Å². The molecule has 0 radical (unpaired) electrons. The Bertz CT molecular complexity index is 589. The molecular formula is C12H7ClN4O. The van der Waals surface area contributed by atoms with Crippen LogP contribution in [0.3, 0.4) is 0 Å². The number of carbonyl (C=O) groups excluding carboxylic acids is 1. The summed E-state index contributed by atoms with van der Waals surface area (Å²) in [4.78, 5) is 13.4. The van der Waals surface area contributed by atoms with Crippen LogP contribution in [0.15, 0.2) is 47.1 Å². The molecule has 18 heavy (non-hydrogen) atoms. The van der Waals surface area contributed by atoms with Crippen LogP contribution in [-0.4, -0.2) is 5.24 Å². The summed E-state index contributed by atoms with van der Waals surface area (Å²) in [5, 5.41) is 11.2. The van der Waals surface area contributed by atoms with E-state index in [2.05, 4.69) is 10.0 Å². The molecule has 0 unspecified atom stereocenters. The van der Waals surface area contributed by atoms with E-state index in [9.17, 15) is 4.79 Å². The van der Waals surface area contributed by atoms with E-state index < -0.39 is 5.24 Å². The standard InChI is InChI=1S/C12H7ClN4O/c13-12(18)10(8-14)3-1-2-9-4-6-11(7-5-9)16-17-15/h1-7H/b2-1+,10-3+. The van der Waals surface area contributed by atoms with E-state index in [4.69, 9.17) is 22.4 Å². The molecule has 0 aromatic heterocycles. The van der Waals surface area contributed by atoms with Gasteiger partial charge < -0.3 is 0 Å². The molecule has 5 nitrogen and oxygen atoms in total. The smallest absolute Gasteiger partial charge is 0.262 e. The van der Waals surface area contributed by atoms with Crippen molar-refractivity contribution in [1.29, 1.82) is 5.26 Å². The highest BCUT2D eigenvalue weighted by molar-refractivity contribution is 6.68. The fourth-order valence-electron chi connectivity index (χ4n) is 1.11. The minimum absolute atomic E-state index is 0.126. The number of nitriles is 1. The number of hydrogen-bond donors (Lipinski definition) is 0. The van der Waals surface area contributed by atoms with Crippen molar-refractivity contribution in [3.05, 3.63) is 58.0 Å². The second kappa shape index (κ2) is 6.92. The minimum Gasteiger partial charge on any atom is -0.275 e. The van der Waals surface area contributed by atoms with Crippen molar-refractivity contribution in [2.75, 3.05) is 0 Å². The summed E-state index contributed by atoms with van der Waals surface area (Å²) < 4.78 is 0. The summed E-state index contributed by atoms with van der Waals surface area (Å²) >= 11 is 5.17. The Morgan fingerprint density at radius 1 is 1.44 bits per heavy atom. The molecule has 0 heterocycles. The van der Waals surface area contributed by atoms with Gasteiger partial charge in [0.2, 0.25) is 0 Å². The molecule has 0 bridgehead atoms. The average Bonchev–Trinajstić information content (AvgIpc) is 2.36. The molecule has 0 N–H and O–H groups in total. The largest absolute Gasteiger partial charge is 0.275 e. The third-order valence-electron chi connectivity index (χ3n) is 1.94. The first-order valence-corrected chi connectivity index (χ1v) is 5.18. The minimum atomic E-state index is -0.791. The third-order valence-corrected chi connectivity index (χ3v) is 2.14. The van der Waals surface area contributed by atoms with Crippen molar-refractivity contribution in [1.82, 2.24) is 0 Å². The van der Waals surface area contributed by atoms with Crippen LogP contribution in [0.1, 0.15) is 5.56 Å². The lowest BCUT2D eigenvalue weighted by atomic mass is 10.2. The topological polar surface area (TPSA) is 89.6 Å². The number of benzene rings is 1. The third kappa shape index (κ3) is 4.14. The molecule has 0 saturated heterocycles. The van der Waals surface area contributed by atoms with E-state index in [1.807, 2.05) is 0 Å². The Kier molecular flexibility index (Phi) is 5.20. The molecular weight excluding hydrogens is 252 g/mol. The van der Waals surface area contributed by atoms with Gasteiger partial charge in [-0.25, -0.2) is 0 Å². The van der Waals surface area contributed by atoms with E-state index in [0.29, 0.717) is 5.69 Å². The molecule has 1 aromatic rings. The van der Waals surface area contributed by atoms with Crippen molar-refractivity contribution >= 4 is 28.6 Å². The number of allylic oxidation sites excluding steroid dienone is 3. The van der Waals surface area contributed by atoms with Crippen LogP contribution in [-0.2, 0) is 4.79 Å². The van der Waals surface area contributed by atoms with Gasteiger partial charge in [-0.2, -0.15) is 5.26 Å². The van der Waals surface area contributed by atoms with Crippen molar-refractivity contribution < 1.29 is 4.79 Å². The van der Waals surface area contributed by atoms with Crippen LogP contribution in [0.25, 0.3) is 16.5 Å². The van der Waals surface area contributed by atoms with E-state index >= 15 is 0 Å². The van der Waals surface area contributed by atoms with E-state index in [-0.39, 0.29) is 5.57 Å². The lowest BCUT2D eigenvalue weighted by Gasteiger charge is -1.93. The van der Waals surface area contributed by atoms with Crippen LogP contribution >= 0.6 is 11.6 Å². The van der Waals surface area contributed by atoms with Gasteiger partial charge in [-0.15, -0.1) is 0 Å². The lowest BCUT2D eigenvalue weighted by Crippen LogP contribution is -1.87. The zero-order valence-corrected chi connectivity index (χ0v) is 9.87. The van der Waals surface area contributed by atoms with Gasteiger partial charge in [0.1, 0.15) is 11.6 Å². The number of halogens is 1. The highest BCUT2D eigenvalue weighted by Crippen LogP contribution is 2.14. The van der Waals surface area contributed by atoms with Gasteiger partial charge in [0.25, 0.3) is 5.24 Å². The average molecular weight is 259 g/mol. The summed E-state index contributed by atoms with van der Waals surface area (Å²) in [6.07, 6.45) is 4.56. The highest BCUT2D eigenvalue weighted by Gasteiger charge is 2.01. The lowest BCUT2D eigenvalue weighted by molar-refractivity contribution is -0.108.